The van der Waals surface area contributed by atoms with Gasteiger partial charge in [-0.05, 0) is 108 Å². The number of fused-ring (bicyclic) bond motifs is 2. The Morgan fingerprint density at radius 2 is 1.87 bits per heavy atom. The number of hydrogen-bond acceptors (Lipinski definition) is 8. The lowest BCUT2D eigenvalue weighted by Crippen LogP contribution is -2.50. The number of nitrogens with one attached hydrogen (secondary N) is 1. The van der Waals surface area contributed by atoms with Crippen LogP contribution in [-0.2, 0) is 37.2 Å². The minimum absolute atomic E-state index is 0.0103. The highest BCUT2D eigenvalue weighted by atomic mass is 32.2. The van der Waals surface area contributed by atoms with Crippen molar-refractivity contribution in [2.45, 2.75) is 122 Å². The topological polar surface area (TPSA) is 141 Å². The molecule has 3 heterocycles. The van der Waals surface area contributed by atoms with Crippen LogP contribution in [0.5, 0.6) is 5.75 Å². The molecule has 1 amide bonds. The van der Waals surface area contributed by atoms with Crippen molar-refractivity contribution in [1.82, 2.24) is 10.3 Å². The number of hydrogen-bond donors (Lipinski definition) is 2. The lowest BCUT2D eigenvalue weighted by molar-refractivity contribution is -0.156. The zero-order valence-electron chi connectivity index (χ0n) is 28.0. The molecule has 0 spiro atoms. The molecular formula is C34H50N4O6S. The molecule has 0 radical (unpaired) electrons. The monoisotopic (exact) mass is 642 g/mol. The third kappa shape index (κ3) is 7.62. The first-order valence-corrected chi connectivity index (χ1v) is 17.4. The summed E-state index contributed by atoms with van der Waals surface area (Å²) >= 11 is 0. The number of sulfonamides is 1. The van der Waals surface area contributed by atoms with Gasteiger partial charge in [-0.3, -0.25) is 9.59 Å². The predicted molar refractivity (Wildman–Crippen MR) is 175 cm³/mol. The molecule has 3 N–H and O–H groups in total. The molecule has 2 aliphatic heterocycles. The Kier molecular flexibility index (Phi) is 9.95. The van der Waals surface area contributed by atoms with Crippen LogP contribution in [0.1, 0.15) is 104 Å². The fourth-order valence-corrected chi connectivity index (χ4v) is 7.27. The maximum absolute atomic E-state index is 14.1. The van der Waals surface area contributed by atoms with Gasteiger partial charge in [-0.2, -0.15) is 0 Å². The van der Waals surface area contributed by atoms with Gasteiger partial charge in [0, 0.05) is 30.6 Å². The number of nitrogens with zero attached hydrogens (tertiary/aromatic N) is 2. The summed E-state index contributed by atoms with van der Waals surface area (Å²) in [4.78, 5) is 29.4. The van der Waals surface area contributed by atoms with Crippen LogP contribution >= 0.6 is 0 Å². The fourth-order valence-electron chi connectivity index (χ4n) is 5.75. The van der Waals surface area contributed by atoms with Gasteiger partial charge in [-0.15, -0.1) is 0 Å². The number of carbonyl (C=O) groups is 2. The lowest BCUT2D eigenvalue weighted by Gasteiger charge is -2.50. The number of carbonyl (C=O) groups excluding carboxylic acids is 2. The van der Waals surface area contributed by atoms with E-state index in [0.717, 1.165) is 29.0 Å². The van der Waals surface area contributed by atoms with Gasteiger partial charge in [0.1, 0.15) is 28.8 Å². The minimum Gasteiger partial charge on any atom is -0.487 e. The number of rotatable bonds is 10. The molecule has 1 aromatic heterocycles. The molecule has 248 valence electrons. The molecule has 45 heavy (non-hydrogen) atoms. The summed E-state index contributed by atoms with van der Waals surface area (Å²) < 4.78 is 41.1. The van der Waals surface area contributed by atoms with Crippen LogP contribution in [-0.4, -0.2) is 55.6 Å². The molecule has 2 unspecified atom stereocenters. The molecule has 2 atom stereocenters. The van der Waals surface area contributed by atoms with E-state index in [2.05, 4.69) is 39.9 Å². The zero-order valence-corrected chi connectivity index (χ0v) is 28.8. The number of benzene rings is 1. The van der Waals surface area contributed by atoms with E-state index < -0.39 is 33.2 Å². The maximum Gasteiger partial charge on any atom is 0.325 e. The van der Waals surface area contributed by atoms with E-state index in [1.807, 2.05) is 12.1 Å². The summed E-state index contributed by atoms with van der Waals surface area (Å²) in [6.45, 7) is 16.2. The number of anilines is 1. The molecule has 0 saturated heterocycles. The van der Waals surface area contributed by atoms with Gasteiger partial charge < -0.3 is 20.5 Å². The summed E-state index contributed by atoms with van der Waals surface area (Å²) in [5.74, 6) is 0.552. The van der Waals surface area contributed by atoms with Crippen LogP contribution in [0.25, 0.3) is 0 Å². The summed E-state index contributed by atoms with van der Waals surface area (Å²) in [6.07, 6.45) is 3.66. The average Bonchev–Trinajstić information content (AvgIpc) is 2.95. The molecule has 1 aromatic carbocycles. The Morgan fingerprint density at radius 1 is 1.16 bits per heavy atom. The Bertz CT molecular complexity index is 1530. The van der Waals surface area contributed by atoms with E-state index in [0.29, 0.717) is 38.0 Å². The van der Waals surface area contributed by atoms with Crippen LogP contribution in [0.15, 0.2) is 35.2 Å². The second kappa shape index (κ2) is 12.9. The highest BCUT2D eigenvalue weighted by Gasteiger charge is 2.48. The minimum atomic E-state index is -3.86. The largest absolute Gasteiger partial charge is 0.487 e. The third-order valence-electron chi connectivity index (χ3n) is 9.41. The molecule has 2 aliphatic rings. The van der Waals surface area contributed by atoms with Crippen molar-refractivity contribution in [3.8, 4) is 5.75 Å². The molecule has 4 rings (SSSR count). The number of pyridine rings is 1. The van der Waals surface area contributed by atoms with Gasteiger partial charge in [0.15, 0.2) is 0 Å². The van der Waals surface area contributed by atoms with Gasteiger partial charge in [-0.25, -0.2) is 17.7 Å². The van der Waals surface area contributed by atoms with Crippen LogP contribution in [0.3, 0.4) is 0 Å². The number of amides is 1. The number of unbranched alkanes of at least 4 members (excludes halogenated alkanes) is 1. The second-order valence-corrected chi connectivity index (χ2v) is 16.2. The van der Waals surface area contributed by atoms with Gasteiger partial charge in [0.25, 0.3) is 10.0 Å². The van der Waals surface area contributed by atoms with Gasteiger partial charge in [-0.1, -0.05) is 26.8 Å². The molecule has 0 saturated carbocycles. The molecule has 0 bridgehead atoms. The standard InChI is InChI=1S/C34H50N4O6S/c1-22-26-20-25(17-18-28(26)43-34(7,8)33(22,5)6)45(41,42)38-19-11-12-23-15-16-24(37-30(23)38)13-9-10-14-29(39)36-21-27(35)31(40)44-32(2,3)4/h15-18,20,22,27H,9-14,19,21,35H2,1-8H3,(H,36,39). The van der Waals surface area contributed by atoms with Gasteiger partial charge >= 0.3 is 5.97 Å². The Hall–Kier alpha value is -3.18. The van der Waals surface area contributed by atoms with E-state index in [1.54, 1.807) is 39.0 Å². The van der Waals surface area contributed by atoms with Crippen LogP contribution in [0, 0.1) is 5.41 Å². The first-order valence-electron chi connectivity index (χ1n) is 15.9. The van der Waals surface area contributed by atoms with E-state index in [-0.39, 0.29) is 35.1 Å². The average molecular weight is 643 g/mol. The number of aryl methyl sites for hydroxylation is 2. The van der Waals surface area contributed by atoms with E-state index >= 15 is 0 Å². The first kappa shape index (κ1) is 34.7. The lowest BCUT2D eigenvalue weighted by atomic mass is 9.64. The Balaban J connectivity index is 1.39. The van der Waals surface area contributed by atoms with Crippen molar-refractivity contribution < 1.29 is 27.5 Å². The molecule has 0 fully saturated rings. The molecule has 10 nitrogen and oxygen atoms in total. The molecule has 0 aliphatic carbocycles. The van der Waals surface area contributed by atoms with Crippen LogP contribution < -0.4 is 20.1 Å². The van der Waals surface area contributed by atoms with Crippen molar-refractivity contribution in [2.24, 2.45) is 11.1 Å². The van der Waals surface area contributed by atoms with Gasteiger partial charge in [0.05, 0.1) is 4.90 Å². The van der Waals surface area contributed by atoms with Crippen molar-refractivity contribution in [1.29, 1.82) is 0 Å². The third-order valence-corrected chi connectivity index (χ3v) is 11.2. The molecule has 2 aromatic rings. The van der Waals surface area contributed by atoms with E-state index in [1.165, 1.54) is 4.31 Å². The van der Waals surface area contributed by atoms with Gasteiger partial charge in [0.2, 0.25) is 5.91 Å². The van der Waals surface area contributed by atoms with E-state index in [9.17, 15) is 18.0 Å². The number of aromatic nitrogens is 1. The van der Waals surface area contributed by atoms with E-state index in [4.69, 9.17) is 20.2 Å². The molecule has 11 heteroatoms. The fraction of sp³-hybridized carbons (Fsp3) is 0.618. The van der Waals surface area contributed by atoms with Crippen LogP contribution in [0.4, 0.5) is 5.82 Å². The highest BCUT2D eigenvalue weighted by Crippen LogP contribution is 2.53. The number of nitrogens with two attached hydrogens (primary N) is 1. The quantitative estimate of drug-likeness (QED) is 0.272. The Morgan fingerprint density at radius 3 is 2.56 bits per heavy atom. The van der Waals surface area contributed by atoms with Crippen molar-refractivity contribution in [2.75, 3.05) is 17.4 Å². The van der Waals surface area contributed by atoms with Crippen LogP contribution in [0.2, 0.25) is 0 Å². The van der Waals surface area contributed by atoms with Crippen molar-refractivity contribution in [3.63, 3.8) is 0 Å². The summed E-state index contributed by atoms with van der Waals surface area (Å²) in [7, 11) is -3.86. The molecular weight excluding hydrogens is 592 g/mol. The second-order valence-electron chi connectivity index (χ2n) is 14.4. The number of ether oxygens (including phenoxy) is 2. The highest BCUT2D eigenvalue weighted by molar-refractivity contribution is 7.92. The smallest absolute Gasteiger partial charge is 0.325 e. The SMILES string of the molecule is CC1c2cc(S(=O)(=O)N3CCCc4ccc(CCCCC(=O)NCC(N)C(=O)OC(C)(C)C)nc43)ccc2OC(C)(C)C1(C)C. The van der Waals surface area contributed by atoms with Crippen molar-refractivity contribution >= 4 is 27.7 Å². The number of esters is 1. The summed E-state index contributed by atoms with van der Waals surface area (Å²) in [5.41, 5.74) is 7.18. The predicted octanol–water partition coefficient (Wildman–Crippen LogP) is 5.02. The normalized spacial score (nSPS) is 19.5. The summed E-state index contributed by atoms with van der Waals surface area (Å²) in [6, 6.07) is 8.18. The maximum atomic E-state index is 14.1. The van der Waals surface area contributed by atoms with Crippen molar-refractivity contribution in [3.05, 3.63) is 47.2 Å². The first-order chi connectivity index (χ1) is 20.8. The Labute approximate surface area is 268 Å². The summed E-state index contributed by atoms with van der Waals surface area (Å²) in [5, 5.41) is 2.70. The zero-order chi connectivity index (χ0) is 33.4.